The van der Waals surface area contributed by atoms with Crippen molar-refractivity contribution >= 4 is 16.0 Å². The lowest BCUT2D eigenvalue weighted by Gasteiger charge is -2.28. The van der Waals surface area contributed by atoms with Gasteiger partial charge in [-0.1, -0.05) is 19.4 Å². The number of unbranched alkanes of at least 4 members (excludes halogenated alkanes) is 1. The van der Waals surface area contributed by atoms with E-state index in [4.69, 9.17) is 14.0 Å². The quantitative estimate of drug-likeness (QED) is 0.493. The molecule has 0 saturated carbocycles. The average Bonchev–Trinajstić information content (AvgIpc) is 3.13. The monoisotopic (exact) mass is 383 g/mol. The van der Waals surface area contributed by atoms with Gasteiger partial charge >= 0.3 is 0 Å². The molecule has 0 saturated heterocycles. The van der Waals surface area contributed by atoms with E-state index in [0.717, 1.165) is 5.56 Å². The lowest BCUT2D eigenvalue weighted by Crippen LogP contribution is -2.28. The van der Waals surface area contributed by atoms with E-state index in [2.05, 4.69) is 15.2 Å². The molecule has 1 unspecified atom stereocenters. The van der Waals surface area contributed by atoms with Crippen LogP contribution in [0.4, 0.5) is 0 Å². The highest BCUT2D eigenvalue weighted by atomic mass is 32.2. The van der Waals surface area contributed by atoms with Crippen LogP contribution in [0.3, 0.4) is 0 Å². The van der Waals surface area contributed by atoms with E-state index < -0.39 is 15.5 Å². The molecule has 2 rings (SSSR count). The highest BCUT2D eigenvalue weighted by Gasteiger charge is 2.32. The van der Waals surface area contributed by atoms with Crippen LogP contribution in [0.2, 0.25) is 0 Å². The summed E-state index contributed by atoms with van der Waals surface area (Å²) in [5.41, 5.74) is 0.642. The molecule has 0 radical (unpaired) electrons. The van der Waals surface area contributed by atoms with Crippen molar-refractivity contribution in [2.45, 2.75) is 32.6 Å². The van der Waals surface area contributed by atoms with Gasteiger partial charge in [0, 0.05) is 5.41 Å². The van der Waals surface area contributed by atoms with E-state index in [9.17, 15) is 8.42 Å². The zero-order valence-corrected chi connectivity index (χ0v) is 16.1. The molecule has 0 aliphatic carbocycles. The van der Waals surface area contributed by atoms with Crippen molar-refractivity contribution in [3.63, 3.8) is 0 Å². The van der Waals surface area contributed by atoms with E-state index in [-0.39, 0.29) is 5.75 Å². The van der Waals surface area contributed by atoms with E-state index in [0.29, 0.717) is 49.7 Å². The van der Waals surface area contributed by atoms with Crippen molar-refractivity contribution < 1.29 is 22.4 Å². The van der Waals surface area contributed by atoms with E-state index in [1.165, 1.54) is 0 Å². The molecular formula is C17H25N3O5S. The molecule has 1 aliphatic rings. The molecule has 0 amide bonds. The summed E-state index contributed by atoms with van der Waals surface area (Å²) in [6, 6.07) is 5.73. The van der Waals surface area contributed by atoms with Crippen LogP contribution in [-0.4, -0.2) is 45.4 Å². The minimum absolute atomic E-state index is 0.243. The molecule has 0 spiro atoms. The summed E-state index contributed by atoms with van der Waals surface area (Å²) in [6.07, 6.45) is 2.33. The van der Waals surface area contributed by atoms with Crippen molar-refractivity contribution in [2.75, 3.05) is 26.6 Å². The van der Waals surface area contributed by atoms with E-state index in [1.54, 1.807) is 14.2 Å². The van der Waals surface area contributed by atoms with Crippen molar-refractivity contribution in [3.05, 3.63) is 23.8 Å². The molecule has 1 aromatic carbocycles. The number of methoxy groups -OCH3 is 2. The molecule has 0 bridgehead atoms. The minimum Gasteiger partial charge on any atom is -0.493 e. The maximum Gasteiger partial charge on any atom is 0.264 e. The summed E-state index contributed by atoms with van der Waals surface area (Å²) in [4.78, 5) is 4.37. The Bertz CT molecular complexity index is 792. The van der Waals surface area contributed by atoms with Crippen LogP contribution in [0, 0.1) is 5.41 Å². The third kappa shape index (κ3) is 5.50. The van der Waals surface area contributed by atoms with Gasteiger partial charge in [0.25, 0.3) is 10.1 Å². The van der Waals surface area contributed by atoms with Crippen LogP contribution in [-0.2, 0) is 16.5 Å². The molecule has 1 N–H and O–H groups in total. The van der Waals surface area contributed by atoms with Crippen molar-refractivity contribution in [3.8, 4) is 11.5 Å². The maximum atomic E-state index is 10.9. The number of azo groups is 1. The number of hydrogen-bond acceptors (Lipinski definition) is 7. The van der Waals surface area contributed by atoms with Gasteiger partial charge in [0.05, 0.1) is 20.0 Å². The first kappa shape index (κ1) is 20.3. The fourth-order valence-corrected chi connectivity index (χ4v) is 3.63. The Hall–Kier alpha value is -2.00. The van der Waals surface area contributed by atoms with Gasteiger partial charge < -0.3 is 9.47 Å². The zero-order chi connectivity index (χ0) is 19.2. The Balaban J connectivity index is 2.15. The largest absolute Gasteiger partial charge is 0.493 e. The zero-order valence-electron chi connectivity index (χ0n) is 15.3. The second kappa shape index (κ2) is 8.59. The van der Waals surface area contributed by atoms with Gasteiger partial charge in [0.1, 0.15) is 0 Å². The van der Waals surface area contributed by atoms with Crippen molar-refractivity contribution in [2.24, 2.45) is 20.6 Å². The van der Waals surface area contributed by atoms with Crippen LogP contribution in [0.5, 0.6) is 11.5 Å². The second-order valence-corrected chi connectivity index (χ2v) is 8.11. The van der Waals surface area contributed by atoms with Gasteiger partial charge in [0.2, 0.25) is 0 Å². The van der Waals surface area contributed by atoms with Crippen molar-refractivity contribution in [1.82, 2.24) is 0 Å². The van der Waals surface area contributed by atoms with Crippen LogP contribution < -0.4 is 9.47 Å². The normalized spacial score (nSPS) is 16.2. The number of amidine groups is 1. The van der Waals surface area contributed by atoms with Crippen LogP contribution >= 0.6 is 0 Å². The smallest absolute Gasteiger partial charge is 0.264 e. The first-order valence-electron chi connectivity index (χ1n) is 8.36. The highest BCUT2D eigenvalue weighted by Crippen LogP contribution is 2.36. The fourth-order valence-electron chi connectivity index (χ4n) is 3.06. The Labute approximate surface area is 154 Å². The fraction of sp³-hybridized carbons (Fsp3) is 0.588. The Morgan fingerprint density at radius 1 is 1.19 bits per heavy atom. The molecule has 9 heteroatoms. The standard InChI is InChI=1S/C17H25N3O5S/c1-17(16-18-12-19-20-16,8-4-5-9-26(21,22)23)11-13-6-7-14(24-2)15(10-13)25-3/h6-7,10H,4-5,8-9,11-12H2,1-3H3,(H,21,22,23). The van der Waals surface area contributed by atoms with Crippen LogP contribution in [0.1, 0.15) is 31.7 Å². The number of benzene rings is 1. The summed E-state index contributed by atoms with van der Waals surface area (Å²) in [7, 11) is -0.763. The number of nitrogens with zero attached hydrogens (tertiary/aromatic N) is 3. The molecule has 8 nitrogen and oxygen atoms in total. The highest BCUT2D eigenvalue weighted by molar-refractivity contribution is 7.85. The molecule has 1 heterocycles. The van der Waals surface area contributed by atoms with Crippen molar-refractivity contribution in [1.29, 1.82) is 0 Å². The number of rotatable bonds is 10. The molecule has 144 valence electrons. The summed E-state index contributed by atoms with van der Waals surface area (Å²) in [6.45, 7) is 2.36. The van der Waals surface area contributed by atoms with Gasteiger partial charge in [-0.3, -0.25) is 4.55 Å². The summed E-state index contributed by atoms with van der Waals surface area (Å²) >= 11 is 0. The predicted molar refractivity (Wildman–Crippen MR) is 98.8 cm³/mol. The number of ether oxygens (including phenoxy) is 2. The first-order valence-corrected chi connectivity index (χ1v) is 9.97. The third-order valence-corrected chi connectivity index (χ3v) is 5.22. The average molecular weight is 383 g/mol. The number of aliphatic imine (C=N–C) groups is 1. The summed E-state index contributed by atoms with van der Waals surface area (Å²) < 4.78 is 41.3. The number of hydrogen-bond donors (Lipinski definition) is 1. The van der Waals surface area contributed by atoms with Gasteiger partial charge in [-0.05, 0) is 37.0 Å². The van der Waals surface area contributed by atoms with E-state index in [1.807, 2.05) is 25.1 Å². The lowest BCUT2D eigenvalue weighted by atomic mass is 9.78. The second-order valence-electron chi connectivity index (χ2n) is 6.53. The third-order valence-electron chi connectivity index (χ3n) is 4.41. The molecule has 0 fully saturated rings. The lowest BCUT2D eigenvalue weighted by molar-refractivity contribution is 0.353. The molecule has 1 atom stereocenters. The van der Waals surface area contributed by atoms with Crippen LogP contribution in [0.15, 0.2) is 33.4 Å². The van der Waals surface area contributed by atoms with E-state index >= 15 is 0 Å². The minimum atomic E-state index is -3.94. The summed E-state index contributed by atoms with van der Waals surface area (Å²) in [5, 5.41) is 8.10. The predicted octanol–water partition coefficient (Wildman–Crippen LogP) is 3.13. The first-order chi connectivity index (χ1) is 12.3. The Morgan fingerprint density at radius 3 is 2.50 bits per heavy atom. The maximum absolute atomic E-state index is 10.9. The van der Waals surface area contributed by atoms with Gasteiger partial charge in [-0.25, -0.2) is 4.99 Å². The Morgan fingerprint density at radius 2 is 1.92 bits per heavy atom. The topological polar surface area (TPSA) is 110 Å². The van der Waals surface area contributed by atoms with Gasteiger partial charge in [-0.2, -0.15) is 13.5 Å². The van der Waals surface area contributed by atoms with Gasteiger partial charge in [0.15, 0.2) is 24.0 Å². The van der Waals surface area contributed by atoms with Gasteiger partial charge in [-0.15, -0.1) is 5.11 Å². The van der Waals surface area contributed by atoms with Crippen LogP contribution in [0.25, 0.3) is 0 Å². The summed E-state index contributed by atoms with van der Waals surface area (Å²) in [5.74, 6) is 1.73. The Kier molecular flexibility index (Phi) is 6.71. The molecule has 1 aliphatic heterocycles. The molecule has 1 aromatic rings. The SMILES string of the molecule is COc1ccc(CC(C)(CCCCS(=O)(=O)O)C2=NCN=N2)cc1OC. The molecule has 26 heavy (non-hydrogen) atoms. The molecule has 0 aromatic heterocycles. The molecular weight excluding hydrogens is 358 g/mol.